The van der Waals surface area contributed by atoms with E-state index in [4.69, 9.17) is 16.3 Å². The summed E-state index contributed by atoms with van der Waals surface area (Å²) in [6, 6.07) is 4.52. The number of urea groups is 1. The topological polar surface area (TPSA) is 58.6 Å². The van der Waals surface area contributed by atoms with Crippen LogP contribution in [0, 0.1) is 6.92 Å². The molecule has 0 unspecified atom stereocenters. The molecule has 0 radical (unpaired) electrons. The van der Waals surface area contributed by atoms with Crippen molar-refractivity contribution >= 4 is 29.3 Å². The van der Waals surface area contributed by atoms with Gasteiger partial charge in [0.1, 0.15) is 6.04 Å². The molecule has 1 aromatic carbocycles. The Morgan fingerprint density at radius 3 is 2.81 bits per heavy atom. The number of ether oxygens (including phenoxy) is 1. The molecule has 0 aliphatic carbocycles. The van der Waals surface area contributed by atoms with E-state index < -0.39 is 6.04 Å². The second-order valence-corrected chi connectivity index (χ2v) is 5.53. The highest BCUT2D eigenvalue weighted by Gasteiger charge is 2.32. The first kappa shape index (κ1) is 15.6. The van der Waals surface area contributed by atoms with Gasteiger partial charge in [-0.1, -0.05) is 17.7 Å². The van der Waals surface area contributed by atoms with E-state index in [1.54, 1.807) is 12.1 Å². The quantitative estimate of drug-likeness (QED) is 0.853. The maximum atomic E-state index is 12.4. The number of carbonyl (C=O) groups is 2. The third-order valence-corrected chi connectivity index (χ3v) is 4.07. The van der Waals surface area contributed by atoms with Gasteiger partial charge in [0, 0.05) is 17.3 Å². The Morgan fingerprint density at radius 1 is 1.38 bits per heavy atom. The molecular weight excluding hydrogens is 292 g/mol. The fourth-order valence-electron chi connectivity index (χ4n) is 2.42. The van der Waals surface area contributed by atoms with Gasteiger partial charge in [-0.05, 0) is 43.9 Å². The molecular formula is C15H19ClN2O3. The van der Waals surface area contributed by atoms with Crippen LogP contribution in [0.15, 0.2) is 18.2 Å². The van der Waals surface area contributed by atoms with Gasteiger partial charge in [-0.15, -0.1) is 0 Å². The number of aryl methyl sites for hydroxylation is 1. The van der Waals surface area contributed by atoms with Crippen LogP contribution in [0.3, 0.4) is 0 Å². The number of rotatable bonds is 2. The molecule has 6 heteroatoms. The van der Waals surface area contributed by atoms with Crippen LogP contribution in [0.1, 0.15) is 24.8 Å². The standard InChI is InChI=1S/C15H19ClN2O3/c1-10-6-7-11(9-12(10)16)17-15(20)18-8-4-3-5-13(18)14(19)21-2/h6-7,9,13H,3-5,8H2,1-2H3,(H,17,20)/t13-/m1/s1. The van der Waals surface area contributed by atoms with Gasteiger partial charge in [0.15, 0.2) is 0 Å². The number of carbonyl (C=O) groups excluding carboxylic acids is 2. The van der Waals surface area contributed by atoms with E-state index >= 15 is 0 Å². The zero-order valence-corrected chi connectivity index (χ0v) is 12.9. The number of anilines is 1. The van der Waals surface area contributed by atoms with Crippen molar-refractivity contribution < 1.29 is 14.3 Å². The Kier molecular flexibility index (Phi) is 5.07. The number of esters is 1. The lowest BCUT2D eigenvalue weighted by molar-refractivity contribution is -0.146. The third kappa shape index (κ3) is 3.67. The van der Waals surface area contributed by atoms with Crippen molar-refractivity contribution in [3.05, 3.63) is 28.8 Å². The van der Waals surface area contributed by atoms with Crippen LogP contribution in [0.25, 0.3) is 0 Å². The summed E-state index contributed by atoms with van der Waals surface area (Å²) < 4.78 is 4.77. The normalized spacial score (nSPS) is 18.2. The molecule has 1 aliphatic heterocycles. The van der Waals surface area contributed by atoms with E-state index in [-0.39, 0.29) is 12.0 Å². The van der Waals surface area contributed by atoms with Crippen molar-refractivity contribution in [2.45, 2.75) is 32.2 Å². The Labute approximate surface area is 129 Å². The van der Waals surface area contributed by atoms with Crippen molar-refractivity contribution in [3.63, 3.8) is 0 Å². The molecule has 1 N–H and O–H groups in total. The van der Waals surface area contributed by atoms with Crippen LogP contribution in [0.5, 0.6) is 0 Å². The molecule has 0 saturated carbocycles. The molecule has 0 aromatic heterocycles. The number of nitrogens with one attached hydrogen (secondary N) is 1. The molecule has 0 spiro atoms. The van der Waals surface area contributed by atoms with Crippen molar-refractivity contribution in [1.29, 1.82) is 0 Å². The van der Waals surface area contributed by atoms with Crippen LogP contribution in [0.2, 0.25) is 5.02 Å². The minimum Gasteiger partial charge on any atom is -0.467 e. The number of piperidine rings is 1. The molecule has 1 heterocycles. The maximum absolute atomic E-state index is 12.4. The van der Waals surface area contributed by atoms with Crippen molar-refractivity contribution in [3.8, 4) is 0 Å². The monoisotopic (exact) mass is 310 g/mol. The molecule has 21 heavy (non-hydrogen) atoms. The summed E-state index contributed by atoms with van der Waals surface area (Å²) >= 11 is 6.05. The molecule has 2 amide bonds. The van der Waals surface area contributed by atoms with E-state index in [0.717, 1.165) is 18.4 Å². The predicted molar refractivity (Wildman–Crippen MR) is 81.6 cm³/mol. The fraction of sp³-hybridized carbons (Fsp3) is 0.467. The Morgan fingerprint density at radius 2 is 2.14 bits per heavy atom. The summed E-state index contributed by atoms with van der Waals surface area (Å²) in [5, 5.41) is 3.38. The lowest BCUT2D eigenvalue weighted by atomic mass is 10.0. The number of halogens is 1. The van der Waals surface area contributed by atoms with Gasteiger partial charge in [0.25, 0.3) is 0 Å². The lowest BCUT2D eigenvalue weighted by Gasteiger charge is -2.33. The van der Waals surface area contributed by atoms with Gasteiger partial charge in [-0.3, -0.25) is 0 Å². The first-order chi connectivity index (χ1) is 10.0. The molecule has 2 rings (SSSR count). The molecule has 1 aromatic rings. The lowest BCUT2D eigenvalue weighted by Crippen LogP contribution is -2.50. The van der Waals surface area contributed by atoms with Gasteiger partial charge in [0.2, 0.25) is 0 Å². The van der Waals surface area contributed by atoms with Crippen molar-refractivity contribution in [2.24, 2.45) is 0 Å². The molecule has 0 bridgehead atoms. The van der Waals surface area contributed by atoms with Crippen LogP contribution in [-0.2, 0) is 9.53 Å². The summed E-state index contributed by atoms with van der Waals surface area (Å²) in [5.74, 6) is -0.369. The highest BCUT2D eigenvalue weighted by molar-refractivity contribution is 6.31. The maximum Gasteiger partial charge on any atom is 0.328 e. The predicted octanol–water partition coefficient (Wildman–Crippen LogP) is 3.21. The molecule has 1 saturated heterocycles. The van der Waals surface area contributed by atoms with Gasteiger partial charge in [0.05, 0.1) is 7.11 Å². The van der Waals surface area contributed by atoms with E-state index in [1.807, 2.05) is 13.0 Å². The number of methoxy groups -OCH3 is 1. The largest absolute Gasteiger partial charge is 0.467 e. The van der Waals surface area contributed by atoms with E-state index in [9.17, 15) is 9.59 Å². The SMILES string of the molecule is COC(=O)[C@H]1CCCCN1C(=O)Nc1ccc(C)c(Cl)c1. The highest BCUT2D eigenvalue weighted by atomic mass is 35.5. The Bertz CT molecular complexity index is 548. The second kappa shape index (κ2) is 6.80. The zero-order valence-electron chi connectivity index (χ0n) is 12.2. The number of likely N-dealkylation sites (tertiary alicyclic amines) is 1. The van der Waals surface area contributed by atoms with Gasteiger partial charge < -0.3 is 15.0 Å². The fourth-order valence-corrected chi connectivity index (χ4v) is 2.60. The van der Waals surface area contributed by atoms with Gasteiger partial charge >= 0.3 is 12.0 Å². The summed E-state index contributed by atoms with van der Waals surface area (Å²) in [6.45, 7) is 2.44. The van der Waals surface area contributed by atoms with Crippen molar-refractivity contribution in [1.82, 2.24) is 4.90 Å². The number of amides is 2. The van der Waals surface area contributed by atoms with Gasteiger partial charge in [-0.25, -0.2) is 9.59 Å². The van der Waals surface area contributed by atoms with Crippen LogP contribution in [0.4, 0.5) is 10.5 Å². The Balaban J connectivity index is 2.10. The molecule has 1 aliphatic rings. The summed E-state index contributed by atoms with van der Waals surface area (Å²) in [7, 11) is 1.34. The summed E-state index contributed by atoms with van der Waals surface area (Å²) in [5.41, 5.74) is 1.56. The van der Waals surface area contributed by atoms with Crippen LogP contribution < -0.4 is 5.32 Å². The minimum absolute atomic E-state index is 0.301. The summed E-state index contributed by atoms with van der Waals surface area (Å²) in [6.07, 6.45) is 2.43. The van der Waals surface area contributed by atoms with Crippen LogP contribution in [-0.4, -0.2) is 36.6 Å². The Hall–Kier alpha value is -1.75. The smallest absolute Gasteiger partial charge is 0.328 e. The minimum atomic E-state index is -0.510. The molecule has 5 nitrogen and oxygen atoms in total. The zero-order chi connectivity index (χ0) is 15.4. The van der Waals surface area contributed by atoms with Crippen LogP contribution >= 0.6 is 11.6 Å². The molecule has 1 fully saturated rings. The average Bonchev–Trinajstić information content (AvgIpc) is 2.50. The number of benzene rings is 1. The first-order valence-electron chi connectivity index (χ1n) is 6.94. The molecule has 114 valence electrons. The van der Waals surface area contributed by atoms with Gasteiger partial charge in [-0.2, -0.15) is 0 Å². The average molecular weight is 311 g/mol. The molecule has 1 atom stereocenters. The van der Waals surface area contributed by atoms with E-state index in [1.165, 1.54) is 12.0 Å². The number of hydrogen-bond donors (Lipinski definition) is 1. The number of hydrogen-bond acceptors (Lipinski definition) is 3. The second-order valence-electron chi connectivity index (χ2n) is 5.12. The first-order valence-corrected chi connectivity index (χ1v) is 7.32. The number of nitrogens with zero attached hydrogens (tertiary/aromatic N) is 1. The summed E-state index contributed by atoms with van der Waals surface area (Å²) in [4.78, 5) is 25.7. The third-order valence-electron chi connectivity index (χ3n) is 3.66. The highest BCUT2D eigenvalue weighted by Crippen LogP contribution is 2.22. The van der Waals surface area contributed by atoms with E-state index in [0.29, 0.717) is 23.7 Å². The van der Waals surface area contributed by atoms with Crippen molar-refractivity contribution in [2.75, 3.05) is 19.0 Å². The van der Waals surface area contributed by atoms with E-state index in [2.05, 4.69) is 5.32 Å².